The molecule has 0 fully saturated rings. The molecule has 0 saturated heterocycles. The normalized spacial score (nSPS) is 10.5. The number of rotatable bonds is 7. The number of nitrogens with one attached hydrogen (secondary N) is 1. The van der Waals surface area contributed by atoms with Gasteiger partial charge in [-0.3, -0.25) is 14.4 Å². The van der Waals surface area contributed by atoms with E-state index in [-0.39, 0.29) is 28.4 Å². The first-order valence-electron chi connectivity index (χ1n) is 8.40. The molecule has 1 aromatic heterocycles. The van der Waals surface area contributed by atoms with Crippen molar-refractivity contribution in [1.29, 1.82) is 0 Å². The Bertz CT molecular complexity index is 877. The van der Waals surface area contributed by atoms with Crippen molar-refractivity contribution >= 4 is 29.3 Å². The van der Waals surface area contributed by atoms with Crippen LogP contribution in [0, 0.1) is 6.92 Å². The first-order chi connectivity index (χ1) is 12.9. The van der Waals surface area contributed by atoms with Gasteiger partial charge in [0.25, 0.3) is 11.5 Å². The van der Waals surface area contributed by atoms with Crippen molar-refractivity contribution in [3.63, 3.8) is 0 Å². The van der Waals surface area contributed by atoms with Crippen LogP contribution in [0.25, 0.3) is 0 Å². The van der Waals surface area contributed by atoms with Crippen LogP contribution in [0.2, 0.25) is 0 Å². The number of carbonyl (C=O) groups excluding carboxylic acids is 2. The molecule has 0 bridgehead atoms. The second-order valence-electron chi connectivity index (χ2n) is 5.63. The topological polar surface area (TPSA) is 123 Å². The number of aromatic nitrogens is 3. The molecule has 0 aliphatic carbocycles. The number of carbonyl (C=O) groups is 2. The SMILES string of the molecule is CCN(CC)C(=O)c1ccc(NC(=O)CSc2nnc(C)c(=O)n2N)cc1. The summed E-state index contributed by atoms with van der Waals surface area (Å²) in [4.78, 5) is 37.8. The van der Waals surface area contributed by atoms with E-state index in [1.54, 1.807) is 29.2 Å². The smallest absolute Gasteiger partial charge is 0.294 e. The summed E-state index contributed by atoms with van der Waals surface area (Å²) in [6.07, 6.45) is 0. The monoisotopic (exact) mass is 390 g/mol. The molecule has 2 rings (SSSR count). The molecule has 0 saturated carbocycles. The lowest BCUT2D eigenvalue weighted by Gasteiger charge is -2.18. The van der Waals surface area contributed by atoms with Gasteiger partial charge in [0.2, 0.25) is 11.1 Å². The Hall–Kier alpha value is -2.88. The van der Waals surface area contributed by atoms with E-state index < -0.39 is 5.56 Å². The number of amides is 2. The van der Waals surface area contributed by atoms with Gasteiger partial charge in [0, 0.05) is 24.3 Å². The van der Waals surface area contributed by atoms with Gasteiger partial charge in [-0.25, -0.2) is 0 Å². The number of nitrogens with two attached hydrogens (primary N) is 1. The van der Waals surface area contributed by atoms with Crippen molar-refractivity contribution in [2.24, 2.45) is 0 Å². The second-order valence-corrected chi connectivity index (χ2v) is 6.58. The maximum absolute atomic E-state index is 12.3. The van der Waals surface area contributed by atoms with Crippen LogP contribution < -0.4 is 16.7 Å². The minimum absolute atomic E-state index is 0.00844. The molecule has 3 N–H and O–H groups in total. The van der Waals surface area contributed by atoms with Crippen LogP contribution in [-0.2, 0) is 4.79 Å². The number of thioether (sulfide) groups is 1. The van der Waals surface area contributed by atoms with Crippen LogP contribution in [0.5, 0.6) is 0 Å². The Morgan fingerprint density at radius 1 is 1.19 bits per heavy atom. The fraction of sp³-hybridized carbons (Fsp3) is 0.353. The van der Waals surface area contributed by atoms with Crippen molar-refractivity contribution in [2.45, 2.75) is 25.9 Å². The molecule has 27 heavy (non-hydrogen) atoms. The van der Waals surface area contributed by atoms with Crippen molar-refractivity contribution < 1.29 is 9.59 Å². The quantitative estimate of drug-likeness (QED) is 0.531. The van der Waals surface area contributed by atoms with Gasteiger partial charge in [-0.05, 0) is 45.0 Å². The zero-order valence-electron chi connectivity index (χ0n) is 15.4. The van der Waals surface area contributed by atoms with Gasteiger partial charge in [-0.15, -0.1) is 10.2 Å². The number of aryl methyl sites for hydroxylation is 1. The maximum atomic E-state index is 12.3. The third-order valence-electron chi connectivity index (χ3n) is 3.82. The zero-order chi connectivity index (χ0) is 20.0. The first-order valence-corrected chi connectivity index (χ1v) is 9.39. The predicted molar refractivity (Wildman–Crippen MR) is 104 cm³/mol. The van der Waals surface area contributed by atoms with Crippen LogP contribution in [0.4, 0.5) is 5.69 Å². The van der Waals surface area contributed by atoms with Crippen LogP contribution in [0.3, 0.4) is 0 Å². The number of nitrogen functional groups attached to an aromatic ring is 1. The summed E-state index contributed by atoms with van der Waals surface area (Å²) in [7, 11) is 0. The van der Waals surface area contributed by atoms with Gasteiger partial charge in [0.05, 0.1) is 5.75 Å². The molecule has 0 unspecified atom stereocenters. The van der Waals surface area contributed by atoms with Crippen molar-refractivity contribution in [1.82, 2.24) is 19.8 Å². The summed E-state index contributed by atoms with van der Waals surface area (Å²) in [6.45, 7) is 6.63. The lowest BCUT2D eigenvalue weighted by Crippen LogP contribution is -2.32. The van der Waals surface area contributed by atoms with E-state index in [4.69, 9.17) is 5.84 Å². The minimum atomic E-state index is -0.457. The van der Waals surface area contributed by atoms with Gasteiger partial charge >= 0.3 is 0 Å². The Morgan fingerprint density at radius 3 is 2.41 bits per heavy atom. The van der Waals surface area contributed by atoms with Gasteiger partial charge < -0.3 is 16.1 Å². The molecule has 0 spiro atoms. The molecule has 0 atom stereocenters. The molecule has 2 aromatic rings. The van der Waals surface area contributed by atoms with E-state index in [0.29, 0.717) is 24.3 Å². The number of hydrogen-bond acceptors (Lipinski definition) is 7. The molecular weight excluding hydrogens is 368 g/mol. The molecule has 144 valence electrons. The van der Waals surface area contributed by atoms with Gasteiger partial charge in [-0.1, -0.05) is 11.8 Å². The summed E-state index contributed by atoms with van der Waals surface area (Å²) in [5.41, 5.74) is 0.858. The fourth-order valence-corrected chi connectivity index (χ4v) is 2.94. The highest BCUT2D eigenvalue weighted by Gasteiger charge is 2.13. The molecule has 0 aliphatic heterocycles. The molecule has 1 aromatic carbocycles. The summed E-state index contributed by atoms with van der Waals surface area (Å²) in [5.74, 6) is 5.29. The molecule has 10 heteroatoms. The van der Waals surface area contributed by atoms with E-state index in [0.717, 1.165) is 16.4 Å². The average Bonchev–Trinajstić information content (AvgIpc) is 2.67. The molecule has 0 aliphatic rings. The fourth-order valence-electron chi connectivity index (χ4n) is 2.29. The Balaban J connectivity index is 1.95. The van der Waals surface area contributed by atoms with Crippen molar-refractivity contribution in [3.8, 4) is 0 Å². The van der Waals surface area contributed by atoms with Crippen molar-refractivity contribution in [2.75, 3.05) is 30.0 Å². The van der Waals surface area contributed by atoms with E-state index in [9.17, 15) is 14.4 Å². The Morgan fingerprint density at radius 2 is 1.81 bits per heavy atom. The van der Waals surface area contributed by atoms with Gasteiger partial charge in [-0.2, -0.15) is 4.68 Å². The summed E-state index contributed by atoms with van der Waals surface area (Å²) in [6, 6.07) is 6.69. The predicted octanol–water partition coefficient (Wildman–Crippen LogP) is 0.873. The van der Waals surface area contributed by atoms with Crippen LogP contribution in [0.15, 0.2) is 34.2 Å². The number of anilines is 1. The molecule has 9 nitrogen and oxygen atoms in total. The summed E-state index contributed by atoms with van der Waals surface area (Å²) in [5, 5.41) is 10.4. The Kier molecular flexibility index (Phi) is 6.94. The van der Waals surface area contributed by atoms with Crippen LogP contribution in [0.1, 0.15) is 29.9 Å². The minimum Gasteiger partial charge on any atom is -0.339 e. The number of benzene rings is 1. The van der Waals surface area contributed by atoms with Crippen molar-refractivity contribution in [3.05, 3.63) is 45.9 Å². The molecular formula is C17H22N6O3S. The largest absolute Gasteiger partial charge is 0.339 e. The van der Waals surface area contributed by atoms with E-state index in [1.807, 2.05) is 13.8 Å². The Labute approximate surface area is 160 Å². The number of nitrogens with zero attached hydrogens (tertiary/aromatic N) is 4. The zero-order valence-corrected chi connectivity index (χ0v) is 16.2. The van der Waals surface area contributed by atoms with Crippen LogP contribution in [-0.4, -0.2) is 50.4 Å². The first kappa shape index (κ1) is 20.4. The second kappa shape index (κ2) is 9.17. The van der Waals surface area contributed by atoms with E-state index in [1.165, 1.54) is 6.92 Å². The third-order valence-corrected chi connectivity index (χ3v) is 4.76. The maximum Gasteiger partial charge on any atom is 0.294 e. The highest BCUT2D eigenvalue weighted by atomic mass is 32.2. The summed E-state index contributed by atoms with van der Waals surface area (Å²) < 4.78 is 0.869. The average molecular weight is 390 g/mol. The number of hydrogen-bond donors (Lipinski definition) is 2. The molecule has 2 amide bonds. The van der Waals surface area contributed by atoms with Gasteiger partial charge in [0.1, 0.15) is 5.69 Å². The molecule has 1 heterocycles. The highest BCUT2D eigenvalue weighted by molar-refractivity contribution is 7.99. The summed E-state index contributed by atoms with van der Waals surface area (Å²) >= 11 is 1.01. The lowest BCUT2D eigenvalue weighted by atomic mass is 10.2. The van der Waals surface area contributed by atoms with E-state index >= 15 is 0 Å². The highest BCUT2D eigenvalue weighted by Crippen LogP contribution is 2.14. The standard InChI is InChI=1S/C17H22N6O3S/c1-4-22(5-2)16(26)12-6-8-13(9-7-12)19-14(24)10-27-17-21-20-11(3)15(25)23(17)18/h6-9H,4-5,10,18H2,1-3H3,(H,19,24). The van der Waals surface area contributed by atoms with Gasteiger partial charge in [0.15, 0.2) is 0 Å². The molecule has 0 radical (unpaired) electrons. The third kappa shape index (κ3) is 5.07. The lowest BCUT2D eigenvalue weighted by molar-refractivity contribution is -0.113. The van der Waals surface area contributed by atoms with E-state index in [2.05, 4.69) is 15.5 Å². The van der Waals surface area contributed by atoms with Crippen LogP contribution >= 0.6 is 11.8 Å².